The van der Waals surface area contributed by atoms with E-state index in [0.717, 1.165) is 0 Å². The molecule has 1 atom stereocenters. The van der Waals surface area contributed by atoms with E-state index >= 15 is 0 Å². The van der Waals surface area contributed by atoms with Crippen molar-refractivity contribution in [3.63, 3.8) is 0 Å². The van der Waals surface area contributed by atoms with Gasteiger partial charge >= 0.3 is 0 Å². The molecule has 0 spiro atoms. The molecule has 3 rings (SSSR count). The van der Waals surface area contributed by atoms with Crippen molar-refractivity contribution in [3.05, 3.63) is 77.7 Å². The van der Waals surface area contributed by atoms with Gasteiger partial charge in [0.1, 0.15) is 29.1 Å². The fraction of sp³-hybridized carbons (Fsp3) is 0.167. The lowest BCUT2D eigenvalue weighted by atomic mass is 10.1. The zero-order valence-electron chi connectivity index (χ0n) is 18.0. The monoisotopic (exact) mass is 466 g/mol. The van der Waals surface area contributed by atoms with Gasteiger partial charge in [0.15, 0.2) is 0 Å². The number of nitrogens with zero attached hydrogens (tertiary/aromatic N) is 1. The second kappa shape index (κ2) is 11.0. The Balaban J connectivity index is 1.84. The van der Waals surface area contributed by atoms with Crippen molar-refractivity contribution in [2.75, 3.05) is 6.61 Å². The van der Waals surface area contributed by atoms with Gasteiger partial charge in [-0.25, -0.2) is 9.37 Å². The summed E-state index contributed by atoms with van der Waals surface area (Å²) in [5.74, 6) is -1.81. The van der Waals surface area contributed by atoms with Crippen LogP contribution in [0.1, 0.15) is 22.5 Å². The predicted octanol–water partition coefficient (Wildman–Crippen LogP) is 1.67. The molecule has 10 heteroatoms. The van der Waals surface area contributed by atoms with E-state index in [1.165, 1.54) is 30.3 Å². The minimum atomic E-state index is -1.28. The Hall–Kier alpha value is -4.31. The van der Waals surface area contributed by atoms with E-state index in [1.54, 1.807) is 30.3 Å². The first-order valence-corrected chi connectivity index (χ1v) is 10.3. The molecule has 0 radical (unpaired) electrons. The maximum atomic E-state index is 13.1. The van der Waals surface area contributed by atoms with Crippen LogP contribution in [0.25, 0.3) is 11.3 Å². The van der Waals surface area contributed by atoms with Gasteiger partial charge in [0.25, 0.3) is 5.91 Å². The van der Waals surface area contributed by atoms with Crippen molar-refractivity contribution in [2.45, 2.75) is 18.9 Å². The molecule has 1 heterocycles. The molecule has 0 fully saturated rings. The minimum absolute atomic E-state index is 0.0247. The Morgan fingerprint density at radius 3 is 2.18 bits per heavy atom. The number of nitrogens with two attached hydrogens (primary N) is 2. The number of pyridine rings is 1. The number of halogens is 1. The molecule has 0 aliphatic carbocycles. The SMILES string of the molecule is NC(=O)CC(NC(=O)c1cc(CCO)cc(-c2ccc(Oc3ccc(F)cc3)cc2)n1)C(N)=O. The Bertz CT molecular complexity index is 1180. The highest BCUT2D eigenvalue weighted by molar-refractivity contribution is 5.97. The van der Waals surface area contributed by atoms with E-state index in [1.807, 2.05) is 0 Å². The first-order chi connectivity index (χ1) is 16.2. The molecule has 0 aliphatic heterocycles. The van der Waals surface area contributed by atoms with Crippen molar-refractivity contribution >= 4 is 17.7 Å². The minimum Gasteiger partial charge on any atom is -0.457 e. The van der Waals surface area contributed by atoms with Crippen LogP contribution in [0.3, 0.4) is 0 Å². The fourth-order valence-electron chi connectivity index (χ4n) is 3.11. The summed E-state index contributed by atoms with van der Waals surface area (Å²) >= 11 is 0. The van der Waals surface area contributed by atoms with Crippen LogP contribution < -0.4 is 21.5 Å². The highest BCUT2D eigenvalue weighted by Crippen LogP contribution is 2.26. The van der Waals surface area contributed by atoms with E-state index < -0.39 is 30.2 Å². The highest BCUT2D eigenvalue weighted by Gasteiger charge is 2.22. The Morgan fingerprint density at radius 1 is 1.00 bits per heavy atom. The quantitative estimate of drug-likeness (QED) is 0.356. The van der Waals surface area contributed by atoms with Gasteiger partial charge in [0, 0.05) is 12.2 Å². The number of aliphatic hydroxyl groups is 1. The van der Waals surface area contributed by atoms with Gasteiger partial charge in [-0.05, 0) is 72.6 Å². The van der Waals surface area contributed by atoms with E-state index in [9.17, 15) is 23.9 Å². The van der Waals surface area contributed by atoms with Gasteiger partial charge in [-0.1, -0.05) is 0 Å². The largest absolute Gasteiger partial charge is 0.457 e. The van der Waals surface area contributed by atoms with Crippen molar-refractivity contribution in [3.8, 4) is 22.8 Å². The van der Waals surface area contributed by atoms with Crippen molar-refractivity contribution in [1.29, 1.82) is 0 Å². The van der Waals surface area contributed by atoms with Gasteiger partial charge in [0.05, 0.1) is 12.1 Å². The zero-order valence-corrected chi connectivity index (χ0v) is 18.0. The average molecular weight is 466 g/mol. The van der Waals surface area contributed by atoms with Crippen LogP contribution in [0.4, 0.5) is 4.39 Å². The molecule has 9 nitrogen and oxygen atoms in total. The molecule has 1 aromatic heterocycles. The molecule has 1 unspecified atom stereocenters. The van der Waals surface area contributed by atoms with Crippen molar-refractivity contribution < 1.29 is 28.6 Å². The third-order valence-electron chi connectivity index (χ3n) is 4.77. The summed E-state index contributed by atoms with van der Waals surface area (Å²) in [5.41, 5.74) is 12.1. The Morgan fingerprint density at radius 2 is 1.62 bits per heavy atom. The molecule has 2 aromatic carbocycles. The second-order valence-corrected chi connectivity index (χ2v) is 7.40. The number of amides is 3. The second-order valence-electron chi connectivity index (χ2n) is 7.40. The summed E-state index contributed by atoms with van der Waals surface area (Å²) in [4.78, 5) is 39.8. The molecular formula is C24H23FN4O5. The van der Waals surface area contributed by atoms with Crippen LogP contribution in [0, 0.1) is 5.82 Å². The van der Waals surface area contributed by atoms with Crippen LogP contribution in [0.15, 0.2) is 60.7 Å². The number of carbonyl (C=O) groups excluding carboxylic acids is 3. The Labute approximate surface area is 194 Å². The zero-order chi connectivity index (χ0) is 24.7. The first-order valence-electron chi connectivity index (χ1n) is 10.3. The number of aromatic nitrogens is 1. The number of aliphatic hydroxyl groups excluding tert-OH is 1. The molecule has 0 saturated heterocycles. The summed E-state index contributed by atoms with van der Waals surface area (Å²) in [6.07, 6.45) is -0.179. The van der Waals surface area contributed by atoms with Crippen LogP contribution in [0.5, 0.6) is 11.5 Å². The smallest absolute Gasteiger partial charge is 0.270 e. The van der Waals surface area contributed by atoms with Crippen LogP contribution >= 0.6 is 0 Å². The van der Waals surface area contributed by atoms with E-state index in [4.69, 9.17) is 16.2 Å². The average Bonchev–Trinajstić information content (AvgIpc) is 2.80. The summed E-state index contributed by atoms with van der Waals surface area (Å²) in [5, 5.41) is 11.7. The Kier molecular flexibility index (Phi) is 7.88. The standard InChI is InChI=1S/C24H23FN4O5/c25-16-3-7-18(8-4-16)34-17-5-1-15(2-6-17)19-11-14(9-10-30)12-21(28-19)24(33)29-20(23(27)32)13-22(26)31/h1-8,11-12,20,30H,9-10,13H2,(H2,26,31)(H2,27,32)(H,29,33). The third-order valence-corrected chi connectivity index (χ3v) is 4.77. The van der Waals surface area contributed by atoms with Gasteiger partial charge in [0.2, 0.25) is 11.8 Å². The molecule has 34 heavy (non-hydrogen) atoms. The lowest BCUT2D eigenvalue weighted by molar-refractivity contribution is -0.124. The van der Waals surface area contributed by atoms with E-state index in [2.05, 4.69) is 10.3 Å². The van der Waals surface area contributed by atoms with Crippen LogP contribution in [-0.4, -0.2) is 40.5 Å². The topological polar surface area (TPSA) is 158 Å². The van der Waals surface area contributed by atoms with Crippen LogP contribution in [-0.2, 0) is 16.0 Å². The normalized spacial score (nSPS) is 11.5. The lowest BCUT2D eigenvalue weighted by Gasteiger charge is -2.15. The first kappa shape index (κ1) is 24.3. The number of hydrogen-bond donors (Lipinski definition) is 4. The van der Waals surface area contributed by atoms with Crippen LogP contribution in [0.2, 0.25) is 0 Å². The van der Waals surface area contributed by atoms with Gasteiger partial charge in [-0.15, -0.1) is 0 Å². The summed E-state index contributed by atoms with van der Waals surface area (Å²) < 4.78 is 18.7. The number of benzene rings is 2. The number of nitrogens with one attached hydrogen (secondary N) is 1. The molecule has 176 valence electrons. The van der Waals surface area contributed by atoms with E-state index in [0.29, 0.717) is 28.3 Å². The molecule has 3 amide bonds. The fourth-order valence-corrected chi connectivity index (χ4v) is 3.11. The van der Waals surface area contributed by atoms with Gasteiger partial charge in [-0.2, -0.15) is 0 Å². The summed E-state index contributed by atoms with van der Waals surface area (Å²) in [7, 11) is 0. The maximum Gasteiger partial charge on any atom is 0.270 e. The predicted molar refractivity (Wildman–Crippen MR) is 121 cm³/mol. The third kappa shape index (κ3) is 6.59. The molecular weight excluding hydrogens is 443 g/mol. The van der Waals surface area contributed by atoms with Gasteiger partial charge < -0.3 is 26.6 Å². The number of ether oxygens (including phenoxy) is 1. The molecule has 0 bridgehead atoms. The number of primary amides is 2. The molecule has 6 N–H and O–H groups in total. The number of carbonyl (C=O) groups is 3. The number of hydrogen-bond acceptors (Lipinski definition) is 6. The summed E-state index contributed by atoms with van der Waals surface area (Å²) in [6.45, 7) is -0.152. The molecule has 0 saturated carbocycles. The molecule has 0 aliphatic rings. The van der Waals surface area contributed by atoms with Crippen molar-refractivity contribution in [1.82, 2.24) is 10.3 Å². The maximum absolute atomic E-state index is 13.1. The lowest BCUT2D eigenvalue weighted by Crippen LogP contribution is -2.46. The van der Waals surface area contributed by atoms with Gasteiger partial charge in [-0.3, -0.25) is 14.4 Å². The molecule has 3 aromatic rings. The summed E-state index contributed by atoms with van der Waals surface area (Å²) in [6, 6.07) is 14.3. The highest BCUT2D eigenvalue weighted by atomic mass is 19.1. The van der Waals surface area contributed by atoms with Crippen molar-refractivity contribution in [2.24, 2.45) is 11.5 Å². The van der Waals surface area contributed by atoms with E-state index in [-0.39, 0.29) is 24.5 Å². The number of rotatable bonds is 10.